The first-order valence-corrected chi connectivity index (χ1v) is 6.38. The Balaban J connectivity index is 3.72. The van der Waals surface area contributed by atoms with Crippen LogP contribution in [0.4, 0.5) is 4.79 Å². The number of hydrogen-bond donors (Lipinski definition) is 1. The molecule has 7 heteroatoms. The number of nitrogens with zero attached hydrogens (tertiary/aromatic N) is 1. The topological polar surface area (TPSA) is 94.1 Å². The van der Waals surface area contributed by atoms with Crippen LogP contribution in [0.1, 0.15) is 26.7 Å². The molecule has 112 valence electrons. The zero-order chi connectivity index (χ0) is 15.2. The maximum absolute atomic E-state index is 11.2. The number of unbranched alkanes of at least 4 members (excludes halogenated alkanes) is 1. The molecule has 0 unspecified atom stereocenters. The monoisotopic (exact) mass is 284 g/mol. The fourth-order valence-corrected chi connectivity index (χ4v) is 1.02. The van der Waals surface area contributed by atoms with Gasteiger partial charge in [0.05, 0.1) is 13.2 Å². The molecule has 20 heavy (non-hydrogen) atoms. The van der Waals surface area contributed by atoms with Gasteiger partial charge in [-0.2, -0.15) is 0 Å². The van der Waals surface area contributed by atoms with Crippen molar-refractivity contribution in [1.82, 2.24) is 5.32 Å². The van der Waals surface area contributed by atoms with Crippen molar-refractivity contribution in [3.05, 3.63) is 12.2 Å². The highest BCUT2D eigenvalue weighted by atomic mass is 16.5. The van der Waals surface area contributed by atoms with Gasteiger partial charge in [-0.15, -0.1) is 0 Å². The minimum Gasteiger partial charge on any atom is -0.463 e. The second-order valence-corrected chi connectivity index (χ2v) is 3.64. The highest BCUT2D eigenvalue weighted by Gasteiger charge is 2.01. The standard InChI is InChI=1S/C13H20N2O5/c1-3-5-9-19-11(16)6-7-12(17)20-10-8-15-13(18)14-4-2/h4,6-7H,3,5,8-10H2,1-2H3,(H,15,18)/b7-6+,14-4?. The van der Waals surface area contributed by atoms with E-state index in [4.69, 9.17) is 9.47 Å². The van der Waals surface area contributed by atoms with Gasteiger partial charge in [-0.25, -0.2) is 19.4 Å². The third kappa shape index (κ3) is 10.9. The molecule has 0 atom stereocenters. The van der Waals surface area contributed by atoms with Crippen LogP contribution in [0, 0.1) is 0 Å². The minimum atomic E-state index is -0.675. The molecule has 7 nitrogen and oxygen atoms in total. The third-order valence-electron chi connectivity index (χ3n) is 1.97. The Bertz CT molecular complexity index is 377. The first-order valence-electron chi connectivity index (χ1n) is 6.38. The molecule has 0 aromatic heterocycles. The fourth-order valence-electron chi connectivity index (χ4n) is 1.02. The summed E-state index contributed by atoms with van der Waals surface area (Å²) in [6, 6.07) is -0.501. The molecule has 0 rings (SSSR count). The van der Waals surface area contributed by atoms with Gasteiger partial charge >= 0.3 is 18.0 Å². The molecule has 0 bridgehead atoms. The van der Waals surface area contributed by atoms with Gasteiger partial charge < -0.3 is 14.8 Å². The van der Waals surface area contributed by atoms with Gasteiger partial charge in [0.2, 0.25) is 0 Å². The Morgan fingerprint density at radius 1 is 1.10 bits per heavy atom. The Hall–Kier alpha value is -2.18. The lowest BCUT2D eigenvalue weighted by molar-refractivity contribution is -0.140. The van der Waals surface area contributed by atoms with E-state index in [0.717, 1.165) is 25.0 Å². The fraction of sp³-hybridized carbons (Fsp3) is 0.538. The molecule has 0 heterocycles. The summed E-state index contributed by atoms with van der Waals surface area (Å²) in [5.41, 5.74) is 0. The molecule has 0 saturated carbocycles. The summed E-state index contributed by atoms with van der Waals surface area (Å²) in [7, 11) is 0. The maximum atomic E-state index is 11.2. The van der Waals surface area contributed by atoms with Crippen LogP contribution in [0.3, 0.4) is 0 Å². The van der Waals surface area contributed by atoms with Crippen LogP contribution in [0.5, 0.6) is 0 Å². The second kappa shape index (κ2) is 11.9. The molecular formula is C13H20N2O5. The molecule has 0 spiro atoms. The predicted octanol–water partition coefficient (Wildman–Crippen LogP) is 1.23. The van der Waals surface area contributed by atoms with Crippen molar-refractivity contribution in [2.24, 2.45) is 4.99 Å². The number of urea groups is 1. The van der Waals surface area contributed by atoms with Crippen LogP contribution in [0.15, 0.2) is 17.1 Å². The van der Waals surface area contributed by atoms with E-state index in [0.29, 0.717) is 6.61 Å². The number of aliphatic imine (C=N–C) groups is 1. The summed E-state index contributed by atoms with van der Waals surface area (Å²) in [4.78, 5) is 36.7. The summed E-state index contributed by atoms with van der Waals surface area (Å²) in [6.45, 7) is 4.07. The third-order valence-corrected chi connectivity index (χ3v) is 1.97. The van der Waals surface area contributed by atoms with Gasteiger partial charge in [0.25, 0.3) is 0 Å². The van der Waals surface area contributed by atoms with Gasteiger partial charge in [0.1, 0.15) is 6.61 Å². The van der Waals surface area contributed by atoms with E-state index in [9.17, 15) is 14.4 Å². The van der Waals surface area contributed by atoms with Gasteiger partial charge in [0, 0.05) is 18.4 Å². The van der Waals surface area contributed by atoms with E-state index in [1.54, 1.807) is 6.92 Å². The number of carbonyl (C=O) groups is 3. The van der Waals surface area contributed by atoms with Crippen LogP contribution in [0.2, 0.25) is 0 Å². The number of carbonyl (C=O) groups excluding carboxylic acids is 3. The average molecular weight is 284 g/mol. The van der Waals surface area contributed by atoms with Crippen LogP contribution in [0.25, 0.3) is 0 Å². The van der Waals surface area contributed by atoms with Crippen molar-refractivity contribution < 1.29 is 23.9 Å². The van der Waals surface area contributed by atoms with Gasteiger partial charge in [-0.1, -0.05) is 13.3 Å². The molecule has 0 aromatic carbocycles. The van der Waals surface area contributed by atoms with E-state index >= 15 is 0 Å². The Morgan fingerprint density at radius 3 is 2.25 bits per heavy atom. The lowest BCUT2D eigenvalue weighted by Crippen LogP contribution is -2.25. The Kier molecular flexibility index (Phi) is 10.6. The molecular weight excluding hydrogens is 264 g/mol. The van der Waals surface area contributed by atoms with Crippen molar-refractivity contribution in [2.45, 2.75) is 26.7 Å². The van der Waals surface area contributed by atoms with E-state index < -0.39 is 18.0 Å². The molecule has 0 fully saturated rings. The number of rotatable bonds is 8. The first kappa shape index (κ1) is 17.8. The molecule has 0 aromatic rings. The molecule has 1 N–H and O–H groups in total. The molecule has 0 aliphatic carbocycles. The van der Waals surface area contributed by atoms with Gasteiger partial charge in [0.15, 0.2) is 0 Å². The van der Waals surface area contributed by atoms with E-state index in [-0.39, 0.29) is 13.2 Å². The summed E-state index contributed by atoms with van der Waals surface area (Å²) in [5.74, 6) is -1.26. The number of nitrogens with one attached hydrogen (secondary N) is 1. The lowest BCUT2D eigenvalue weighted by atomic mass is 10.4. The smallest absolute Gasteiger partial charge is 0.340 e. The van der Waals surface area contributed by atoms with Crippen molar-refractivity contribution in [2.75, 3.05) is 19.8 Å². The molecule has 0 aliphatic heterocycles. The van der Waals surface area contributed by atoms with Gasteiger partial charge in [-0.05, 0) is 13.3 Å². The number of esters is 2. The van der Waals surface area contributed by atoms with Crippen molar-refractivity contribution in [1.29, 1.82) is 0 Å². The highest BCUT2D eigenvalue weighted by Crippen LogP contribution is 1.90. The summed E-state index contributed by atoms with van der Waals surface area (Å²) in [6.07, 6.45) is 5.06. The Morgan fingerprint density at radius 2 is 1.70 bits per heavy atom. The van der Waals surface area contributed by atoms with Crippen LogP contribution >= 0.6 is 0 Å². The normalized spacial score (nSPS) is 10.7. The maximum Gasteiger partial charge on any atom is 0.340 e. The molecule has 2 amide bonds. The lowest BCUT2D eigenvalue weighted by Gasteiger charge is -2.02. The molecule has 0 aliphatic rings. The van der Waals surface area contributed by atoms with E-state index in [1.165, 1.54) is 6.21 Å². The van der Waals surface area contributed by atoms with Gasteiger partial charge in [-0.3, -0.25) is 0 Å². The molecule has 0 radical (unpaired) electrons. The number of amides is 2. The molecule has 0 saturated heterocycles. The Labute approximate surface area is 118 Å². The summed E-state index contributed by atoms with van der Waals surface area (Å²) >= 11 is 0. The SMILES string of the molecule is CC=NC(=O)NCCOC(=O)/C=C/C(=O)OCCCC. The van der Waals surface area contributed by atoms with E-state index in [2.05, 4.69) is 10.3 Å². The summed E-state index contributed by atoms with van der Waals surface area (Å²) in [5, 5.41) is 2.41. The zero-order valence-electron chi connectivity index (χ0n) is 11.8. The van der Waals surface area contributed by atoms with Crippen molar-refractivity contribution >= 4 is 24.2 Å². The largest absolute Gasteiger partial charge is 0.463 e. The average Bonchev–Trinajstić information content (AvgIpc) is 2.42. The van der Waals surface area contributed by atoms with E-state index in [1.807, 2.05) is 6.92 Å². The second-order valence-electron chi connectivity index (χ2n) is 3.64. The van der Waals surface area contributed by atoms with Crippen molar-refractivity contribution in [3.8, 4) is 0 Å². The zero-order valence-corrected chi connectivity index (χ0v) is 11.8. The number of ether oxygens (including phenoxy) is 2. The van der Waals surface area contributed by atoms with Crippen LogP contribution < -0.4 is 5.32 Å². The number of hydrogen-bond acceptors (Lipinski definition) is 5. The van der Waals surface area contributed by atoms with Crippen LogP contribution in [-0.4, -0.2) is 43.9 Å². The predicted molar refractivity (Wildman–Crippen MR) is 73.5 cm³/mol. The quantitative estimate of drug-likeness (QED) is 0.313. The van der Waals surface area contributed by atoms with Crippen LogP contribution in [-0.2, 0) is 19.1 Å². The summed E-state index contributed by atoms with van der Waals surface area (Å²) < 4.78 is 9.56. The van der Waals surface area contributed by atoms with Crippen molar-refractivity contribution in [3.63, 3.8) is 0 Å². The first-order chi connectivity index (χ1) is 9.60. The minimum absolute atomic E-state index is 0.000962. The highest BCUT2D eigenvalue weighted by molar-refractivity contribution is 5.91.